The molecular weight excluding hydrogens is 236 g/mol. The Morgan fingerprint density at radius 1 is 1.59 bits per heavy atom. The van der Waals surface area contributed by atoms with E-state index < -0.39 is 0 Å². The summed E-state index contributed by atoms with van der Waals surface area (Å²) in [4.78, 5) is 12.0. The van der Waals surface area contributed by atoms with Gasteiger partial charge in [0.05, 0.1) is 0 Å². The number of benzene rings is 1. The quantitative estimate of drug-likeness (QED) is 0.865. The molecule has 4 heteroatoms. The lowest BCUT2D eigenvalue weighted by Crippen LogP contribution is -2.37. The number of carbonyl (C=O) groups excluding carboxylic acids is 1. The molecule has 1 amide bonds. The smallest absolute Gasteiger partial charge is 0.251 e. The second kappa shape index (κ2) is 5.52. The summed E-state index contributed by atoms with van der Waals surface area (Å²) in [6.07, 6.45) is 2.32. The maximum Gasteiger partial charge on any atom is 0.251 e. The third-order valence-electron chi connectivity index (χ3n) is 3.18. The lowest BCUT2D eigenvalue weighted by Gasteiger charge is -2.12. The van der Waals surface area contributed by atoms with E-state index in [9.17, 15) is 4.79 Å². The first-order chi connectivity index (χ1) is 8.18. The van der Waals surface area contributed by atoms with E-state index in [0.29, 0.717) is 23.2 Å². The van der Waals surface area contributed by atoms with E-state index in [2.05, 4.69) is 10.6 Å². The fourth-order valence-electron chi connectivity index (χ4n) is 2.10. The van der Waals surface area contributed by atoms with Crippen LogP contribution < -0.4 is 10.6 Å². The van der Waals surface area contributed by atoms with E-state index in [1.807, 2.05) is 6.92 Å². The van der Waals surface area contributed by atoms with Gasteiger partial charge in [-0.15, -0.1) is 0 Å². The van der Waals surface area contributed by atoms with Gasteiger partial charge in [-0.1, -0.05) is 17.7 Å². The minimum absolute atomic E-state index is 0.0429. The third kappa shape index (κ3) is 2.99. The zero-order chi connectivity index (χ0) is 12.3. The molecule has 1 saturated heterocycles. The molecule has 2 N–H and O–H groups in total. The summed E-state index contributed by atoms with van der Waals surface area (Å²) in [5, 5.41) is 6.93. The number of nitrogens with one attached hydrogen (secondary N) is 2. The van der Waals surface area contributed by atoms with Crippen LogP contribution in [-0.4, -0.2) is 25.0 Å². The normalized spacial score (nSPS) is 19.3. The number of rotatable bonds is 3. The minimum atomic E-state index is -0.0429. The van der Waals surface area contributed by atoms with Crippen molar-refractivity contribution in [1.82, 2.24) is 10.6 Å². The first-order valence-corrected chi connectivity index (χ1v) is 6.33. The van der Waals surface area contributed by atoms with Gasteiger partial charge in [-0.25, -0.2) is 0 Å². The van der Waals surface area contributed by atoms with Gasteiger partial charge >= 0.3 is 0 Å². The van der Waals surface area contributed by atoms with Crippen LogP contribution >= 0.6 is 11.6 Å². The Labute approximate surface area is 107 Å². The summed E-state index contributed by atoms with van der Waals surface area (Å²) in [6.45, 7) is 3.60. The van der Waals surface area contributed by atoms with Crippen molar-refractivity contribution in [2.75, 3.05) is 13.1 Å². The fourth-order valence-corrected chi connectivity index (χ4v) is 2.27. The highest BCUT2D eigenvalue weighted by Crippen LogP contribution is 2.18. The summed E-state index contributed by atoms with van der Waals surface area (Å²) in [5.41, 5.74) is 1.50. The molecule has 0 saturated carbocycles. The Kier molecular flexibility index (Phi) is 4.02. The van der Waals surface area contributed by atoms with Crippen LogP contribution in [0.1, 0.15) is 28.8 Å². The Hall–Kier alpha value is -1.06. The van der Waals surface area contributed by atoms with Crippen molar-refractivity contribution in [2.45, 2.75) is 25.8 Å². The molecule has 1 aromatic rings. The molecule has 1 aliphatic heterocycles. The highest BCUT2D eigenvalue weighted by atomic mass is 35.5. The molecule has 0 radical (unpaired) electrons. The molecule has 1 unspecified atom stereocenters. The topological polar surface area (TPSA) is 41.1 Å². The number of hydrogen-bond acceptors (Lipinski definition) is 2. The van der Waals surface area contributed by atoms with Crippen LogP contribution in [-0.2, 0) is 0 Å². The Bertz CT molecular complexity index is 414. The highest BCUT2D eigenvalue weighted by molar-refractivity contribution is 6.31. The van der Waals surface area contributed by atoms with E-state index >= 15 is 0 Å². The highest BCUT2D eigenvalue weighted by Gasteiger charge is 2.16. The van der Waals surface area contributed by atoms with Crippen molar-refractivity contribution in [1.29, 1.82) is 0 Å². The molecule has 0 spiro atoms. The maximum absolute atomic E-state index is 12.0. The first kappa shape index (κ1) is 12.4. The van der Waals surface area contributed by atoms with E-state index in [4.69, 9.17) is 11.6 Å². The van der Waals surface area contributed by atoms with Crippen LogP contribution in [0.25, 0.3) is 0 Å². The predicted octanol–water partition coefficient (Wildman–Crippen LogP) is 2.13. The van der Waals surface area contributed by atoms with E-state index in [-0.39, 0.29) is 5.91 Å². The average molecular weight is 253 g/mol. The van der Waals surface area contributed by atoms with Crippen LogP contribution in [0.5, 0.6) is 0 Å². The van der Waals surface area contributed by atoms with Crippen LogP contribution in [0.15, 0.2) is 18.2 Å². The van der Waals surface area contributed by atoms with Crippen molar-refractivity contribution in [3.63, 3.8) is 0 Å². The first-order valence-electron chi connectivity index (χ1n) is 5.95. The van der Waals surface area contributed by atoms with Crippen molar-refractivity contribution in [3.05, 3.63) is 34.3 Å². The van der Waals surface area contributed by atoms with Crippen molar-refractivity contribution < 1.29 is 4.79 Å². The zero-order valence-electron chi connectivity index (χ0n) is 9.92. The van der Waals surface area contributed by atoms with Gasteiger partial charge in [0.2, 0.25) is 0 Å². The van der Waals surface area contributed by atoms with Gasteiger partial charge in [-0.3, -0.25) is 4.79 Å². The van der Waals surface area contributed by atoms with Gasteiger partial charge in [-0.2, -0.15) is 0 Å². The van der Waals surface area contributed by atoms with E-state index in [1.165, 1.54) is 6.42 Å². The molecule has 1 heterocycles. The largest absolute Gasteiger partial charge is 0.350 e. The van der Waals surface area contributed by atoms with Crippen molar-refractivity contribution in [2.24, 2.45) is 0 Å². The van der Waals surface area contributed by atoms with Crippen molar-refractivity contribution >= 4 is 17.5 Å². The average Bonchev–Trinajstić information content (AvgIpc) is 2.82. The summed E-state index contributed by atoms with van der Waals surface area (Å²) in [7, 11) is 0. The Balaban J connectivity index is 1.97. The molecule has 1 aliphatic rings. The summed E-state index contributed by atoms with van der Waals surface area (Å²) >= 11 is 5.99. The van der Waals surface area contributed by atoms with E-state index in [0.717, 1.165) is 18.5 Å². The Morgan fingerprint density at radius 2 is 2.41 bits per heavy atom. The molecule has 1 fully saturated rings. The molecule has 17 heavy (non-hydrogen) atoms. The van der Waals surface area contributed by atoms with Gasteiger partial charge in [0.15, 0.2) is 0 Å². The second-order valence-corrected chi connectivity index (χ2v) is 4.82. The fraction of sp³-hybridized carbons (Fsp3) is 0.462. The summed E-state index contributed by atoms with van der Waals surface area (Å²) < 4.78 is 0. The van der Waals surface area contributed by atoms with Gasteiger partial charge in [0, 0.05) is 23.2 Å². The van der Waals surface area contributed by atoms with E-state index in [1.54, 1.807) is 18.2 Å². The number of halogens is 1. The van der Waals surface area contributed by atoms with Crippen LogP contribution in [0.3, 0.4) is 0 Å². The number of amides is 1. The van der Waals surface area contributed by atoms with Gasteiger partial charge in [-0.05, 0) is 44.0 Å². The molecule has 0 aromatic heterocycles. The molecule has 1 aromatic carbocycles. The zero-order valence-corrected chi connectivity index (χ0v) is 10.7. The lowest BCUT2D eigenvalue weighted by molar-refractivity contribution is 0.0949. The van der Waals surface area contributed by atoms with Crippen LogP contribution in [0, 0.1) is 6.92 Å². The second-order valence-electron chi connectivity index (χ2n) is 4.42. The molecule has 0 aliphatic carbocycles. The SMILES string of the molecule is Cc1c(Cl)cccc1C(=O)NCC1CCCN1. The Morgan fingerprint density at radius 3 is 3.12 bits per heavy atom. The monoisotopic (exact) mass is 252 g/mol. The summed E-state index contributed by atoms with van der Waals surface area (Å²) in [5.74, 6) is -0.0429. The number of carbonyl (C=O) groups is 1. The van der Waals surface area contributed by atoms with Crippen molar-refractivity contribution in [3.8, 4) is 0 Å². The maximum atomic E-state index is 12.0. The predicted molar refractivity (Wildman–Crippen MR) is 69.5 cm³/mol. The van der Waals surface area contributed by atoms with Gasteiger partial charge in [0.1, 0.15) is 0 Å². The molecule has 3 nitrogen and oxygen atoms in total. The molecule has 92 valence electrons. The molecule has 0 bridgehead atoms. The molecule has 1 atom stereocenters. The van der Waals surface area contributed by atoms with Gasteiger partial charge in [0.25, 0.3) is 5.91 Å². The number of hydrogen-bond donors (Lipinski definition) is 2. The lowest BCUT2D eigenvalue weighted by atomic mass is 10.1. The molecule has 2 rings (SSSR count). The minimum Gasteiger partial charge on any atom is -0.350 e. The molecular formula is C13H17ClN2O. The van der Waals surface area contributed by atoms with Gasteiger partial charge < -0.3 is 10.6 Å². The summed E-state index contributed by atoms with van der Waals surface area (Å²) in [6, 6.07) is 5.82. The van der Waals surface area contributed by atoms with Crippen LogP contribution in [0.2, 0.25) is 5.02 Å². The standard InChI is InChI=1S/C13H17ClN2O/c1-9-11(5-2-6-12(9)14)13(17)16-8-10-4-3-7-15-10/h2,5-6,10,15H,3-4,7-8H2,1H3,(H,16,17). The van der Waals surface area contributed by atoms with Crippen LogP contribution in [0.4, 0.5) is 0 Å². The third-order valence-corrected chi connectivity index (χ3v) is 3.59.